The maximum Gasteiger partial charge on any atom is 0.126 e. The van der Waals surface area contributed by atoms with E-state index in [4.69, 9.17) is 4.74 Å². The number of anilines is 1. The van der Waals surface area contributed by atoms with Gasteiger partial charge in [0.05, 0.1) is 13.2 Å². The second kappa shape index (κ2) is 5.95. The molecule has 3 N–H and O–H groups in total. The van der Waals surface area contributed by atoms with E-state index in [9.17, 15) is 10.2 Å². The van der Waals surface area contributed by atoms with Crippen molar-refractivity contribution in [3.8, 4) is 17.2 Å². The van der Waals surface area contributed by atoms with Crippen molar-refractivity contribution in [1.29, 1.82) is 0 Å². The van der Waals surface area contributed by atoms with Crippen molar-refractivity contribution in [2.24, 2.45) is 0 Å². The average Bonchev–Trinajstić information content (AvgIpc) is 2.42. The lowest BCUT2D eigenvalue weighted by Crippen LogP contribution is -2.08. The fraction of sp³-hybridized carbons (Fsp3) is 0.294. The SMILES string of the molecule is COc1c(C)ccc(NC(C)c2ccc(O)cc2O)c1C. The van der Waals surface area contributed by atoms with Crippen LogP contribution in [0.15, 0.2) is 30.3 Å². The van der Waals surface area contributed by atoms with Gasteiger partial charge in [0.1, 0.15) is 17.2 Å². The number of aromatic hydroxyl groups is 2. The highest BCUT2D eigenvalue weighted by Crippen LogP contribution is 2.34. The quantitative estimate of drug-likeness (QED) is 0.798. The smallest absolute Gasteiger partial charge is 0.126 e. The van der Waals surface area contributed by atoms with Crippen LogP contribution in [-0.4, -0.2) is 17.3 Å². The van der Waals surface area contributed by atoms with E-state index in [2.05, 4.69) is 5.32 Å². The van der Waals surface area contributed by atoms with Crippen LogP contribution in [0.2, 0.25) is 0 Å². The van der Waals surface area contributed by atoms with Crippen LogP contribution in [0.25, 0.3) is 0 Å². The Morgan fingerprint density at radius 3 is 2.43 bits per heavy atom. The highest BCUT2D eigenvalue weighted by molar-refractivity contribution is 5.61. The molecule has 112 valence electrons. The van der Waals surface area contributed by atoms with Gasteiger partial charge >= 0.3 is 0 Å². The highest BCUT2D eigenvalue weighted by Gasteiger charge is 2.14. The van der Waals surface area contributed by atoms with Gasteiger partial charge in [-0.05, 0) is 44.5 Å². The number of rotatable bonds is 4. The first-order valence-corrected chi connectivity index (χ1v) is 6.86. The first kappa shape index (κ1) is 15.0. The Morgan fingerprint density at radius 2 is 1.81 bits per heavy atom. The van der Waals surface area contributed by atoms with Crippen molar-refractivity contribution in [1.82, 2.24) is 0 Å². The molecule has 0 bridgehead atoms. The summed E-state index contributed by atoms with van der Waals surface area (Å²) in [6.45, 7) is 5.96. The highest BCUT2D eigenvalue weighted by atomic mass is 16.5. The van der Waals surface area contributed by atoms with Crippen molar-refractivity contribution < 1.29 is 14.9 Å². The number of phenolic OH excluding ortho intramolecular Hbond substituents is 2. The summed E-state index contributed by atoms with van der Waals surface area (Å²) in [6.07, 6.45) is 0. The van der Waals surface area contributed by atoms with Gasteiger partial charge in [-0.3, -0.25) is 0 Å². The summed E-state index contributed by atoms with van der Waals surface area (Å²) in [7, 11) is 1.66. The summed E-state index contributed by atoms with van der Waals surface area (Å²) in [4.78, 5) is 0. The van der Waals surface area contributed by atoms with Crippen LogP contribution in [0.1, 0.15) is 29.7 Å². The molecular weight excluding hydrogens is 266 g/mol. The summed E-state index contributed by atoms with van der Waals surface area (Å²) in [5.74, 6) is 0.991. The molecule has 0 aliphatic carbocycles. The summed E-state index contributed by atoms with van der Waals surface area (Å²) >= 11 is 0. The number of ether oxygens (including phenoxy) is 1. The monoisotopic (exact) mass is 287 g/mol. The topological polar surface area (TPSA) is 61.7 Å². The van der Waals surface area contributed by atoms with Gasteiger partial charge in [-0.25, -0.2) is 0 Å². The lowest BCUT2D eigenvalue weighted by molar-refractivity contribution is 0.409. The summed E-state index contributed by atoms with van der Waals surface area (Å²) in [6, 6.07) is 8.52. The van der Waals surface area contributed by atoms with E-state index in [1.807, 2.05) is 32.9 Å². The molecule has 0 aromatic heterocycles. The number of phenols is 2. The Bertz CT molecular complexity index is 653. The van der Waals surface area contributed by atoms with Crippen LogP contribution in [0.3, 0.4) is 0 Å². The minimum absolute atomic E-state index is 0.0524. The average molecular weight is 287 g/mol. The first-order valence-electron chi connectivity index (χ1n) is 6.86. The van der Waals surface area contributed by atoms with Crippen LogP contribution in [0.4, 0.5) is 5.69 Å². The molecular formula is C17H21NO3. The molecule has 2 aromatic carbocycles. The second-order valence-electron chi connectivity index (χ2n) is 5.20. The molecule has 0 radical (unpaired) electrons. The van der Waals surface area contributed by atoms with Gasteiger partial charge in [0, 0.05) is 22.9 Å². The fourth-order valence-corrected chi connectivity index (χ4v) is 2.51. The Labute approximate surface area is 125 Å². The van der Waals surface area contributed by atoms with Crippen molar-refractivity contribution >= 4 is 5.69 Å². The number of nitrogens with one attached hydrogen (secondary N) is 1. The third kappa shape index (κ3) is 3.05. The molecule has 0 fully saturated rings. The number of benzene rings is 2. The molecule has 2 aromatic rings. The van der Waals surface area contributed by atoms with E-state index >= 15 is 0 Å². The molecule has 4 heteroatoms. The van der Waals surface area contributed by atoms with Crippen LogP contribution in [0, 0.1) is 13.8 Å². The zero-order valence-corrected chi connectivity index (χ0v) is 12.8. The maximum absolute atomic E-state index is 9.93. The van der Waals surface area contributed by atoms with E-state index in [1.54, 1.807) is 19.2 Å². The van der Waals surface area contributed by atoms with E-state index in [1.165, 1.54) is 6.07 Å². The maximum atomic E-state index is 9.93. The van der Waals surface area contributed by atoms with Crippen molar-refractivity contribution in [2.75, 3.05) is 12.4 Å². The van der Waals surface area contributed by atoms with E-state index < -0.39 is 0 Å². The van der Waals surface area contributed by atoms with Crippen molar-refractivity contribution in [3.63, 3.8) is 0 Å². The summed E-state index contributed by atoms with van der Waals surface area (Å²) < 4.78 is 5.42. The molecule has 0 saturated carbocycles. The van der Waals surface area contributed by atoms with Gasteiger partial charge in [0.15, 0.2) is 0 Å². The van der Waals surface area contributed by atoms with Crippen molar-refractivity contribution in [3.05, 3.63) is 47.0 Å². The summed E-state index contributed by atoms with van der Waals surface area (Å²) in [5.41, 5.74) is 3.80. The molecule has 2 rings (SSSR count). The number of aryl methyl sites for hydroxylation is 1. The molecule has 0 saturated heterocycles. The third-order valence-electron chi connectivity index (χ3n) is 3.66. The Kier molecular flexibility index (Phi) is 4.26. The molecule has 0 heterocycles. The first-order chi connectivity index (χ1) is 9.93. The zero-order valence-electron chi connectivity index (χ0n) is 12.8. The molecule has 1 atom stereocenters. The van der Waals surface area contributed by atoms with Crippen molar-refractivity contribution in [2.45, 2.75) is 26.8 Å². The van der Waals surface area contributed by atoms with Crippen LogP contribution >= 0.6 is 0 Å². The van der Waals surface area contributed by atoms with Crippen LogP contribution in [-0.2, 0) is 0 Å². The number of hydrogen-bond donors (Lipinski definition) is 3. The van der Waals surface area contributed by atoms with E-state index in [0.717, 1.165) is 28.1 Å². The van der Waals surface area contributed by atoms with Gasteiger partial charge in [0.2, 0.25) is 0 Å². The number of methoxy groups -OCH3 is 1. The zero-order chi connectivity index (χ0) is 15.6. The standard InChI is InChI=1S/C17H21NO3/c1-10-5-8-15(11(2)17(10)21-4)18-12(3)14-7-6-13(19)9-16(14)20/h5-9,12,18-20H,1-4H3. The molecule has 4 nitrogen and oxygen atoms in total. The predicted molar refractivity (Wildman–Crippen MR) is 84.3 cm³/mol. The molecule has 0 aliphatic rings. The minimum atomic E-state index is -0.100. The second-order valence-corrected chi connectivity index (χ2v) is 5.20. The molecule has 21 heavy (non-hydrogen) atoms. The number of hydrogen-bond acceptors (Lipinski definition) is 4. The van der Waals surface area contributed by atoms with Gasteiger partial charge in [0.25, 0.3) is 0 Å². The van der Waals surface area contributed by atoms with E-state index in [0.29, 0.717) is 0 Å². The predicted octanol–water partition coefficient (Wildman–Crippen LogP) is 3.90. The fourth-order valence-electron chi connectivity index (χ4n) is 2.51. The summed E-state index contributed by atoms with van der Waals surface area (Å²) in [5, 5.41) is 22.7. The Hall–Kier alpha value is -2.36. The Balaban J connectivity index is 2.29. The minimum Gasteiger partial charge on any atom is -0.508 e. The van der Waals surface area contributed by atoms with Gasteiger partial charge < -0.3 is 20.3 Å². The van der Waals surface area contributed by atoms with Gasteiger partial charge in [-0.2, -0.15) is 0 Å². The van der Waals surface area contributed by atoms with Gasteiger partial charge in [-0.15, -0.1) is 0 Å². The lowest BCUT2D eigenvalue weighted by Gasteiger charge is -2.20. The lowest BCUT2D eigenvalue weighted by atomic mass is 10.0. The van der Waals surface area contributed by atoms with Gasteiger partial charge in [-0.1, -0.05) is 6.07 Å². The third-order valence-corrected chi connectivity index (χ3v) is 3.66. The van der Waals surface area contributed by atoms with Crippen LogP contribution < -0.4 is 10.1 Å². The normalized spacial score (nSPS) is 12.0. The molecule has 0 amide bonds. The molecule has 0 spiro atoms. The largest absolute Gasteiger partial charge is 0.508 e. The van der Waals surface area contributed by atoms with E-state index in [-0.39, 0.29) is 17.5 Å². The molecule has 0 aliphatic heterocycles. The Morgan fingerprint density at radius 1 is 1.10 bits per heavy atom. The molecule has 1 unspecified atom stereocenters. The van der Waals surface area contributed by atoms with Crippen LogP contribution in [0.5, 0.6) is 17.2 Å².